The second-order valence-corrected chi connectivity index (χ2v) is 26.5. The van der Waals surface area contributed by atoms with Crippen LogP contribution in [0.4, 0.5) is 0 Å². The molecule has 3 N–H and O–H groups in total. The molecule has 34 nitrogen and oxygen atoms in total. The van der Waals surface area contributed by atoms with Gasteiger partial charge in [0, 0.05) is 25.8 Å². The van der Waals surface area contributed by atoms with Gasteiger partial charge in [0.1, 0.15) is 0 Å². The molecule has 1 heterocycles. The van der Waals surface area contributed by atoms with Crippen LogP contribution in [0.15, 0.2) is 0 Å². The van der Waals surface area contributed by atoms with Gasteiger partial charge in [0.2, 0.25) is 5.91 Å². The molecule has 0 bridgehead atoms. The Labute approximate surface area is 680 Å². The quantitative estimate of drug-likeness (QED) is 0.0439. The lowest BCUT2D eigenvalue weighted by Crippen LogP contribution is -2.44. The van der Waals surface area contributed by atoms with Crippen LogP contribution in [0.1, 0.15) is 155 Å². The number of aliphatic hydroxyl groups is 1. The minimum Gasteiger partial charge on any atom is -0.481 e. The molecule has 0 spiro atoms. The number of carboxylic acids is 1. The van der Waals surface area contributed by atoms with Crippen molar-refractivity contribution < 1.29 is 153 Å². The van der Waals surface area contributed by atoms with Gasteiger partial charge in [-0.05, 0) is 19.3 Å². The van der Waals surface area contributed by atoms with Crippen molar-refractivity contribution in [1.82, 2.24) is 10.4 Å². The third-order valence-corrected chi connectivity index (χ3v) is 17.1. The Kier molecular flexibility index (Phi) is 86.0. The van der Waals surface area contributed by atoms with E-state index in [9.17, 15) is 29.1 Å². The number of aliphatic hydroxyl groups excluding tert-OH is 1. The molecule has 1 fully saturated rings. The van der Waals surface area contributed by atoms with E-state index < -0.39 is 29.2 Å². The molecule has 0 aromatic carbocycles. The SMILES string of the molecule is CCCCCCCCCCCC(CO)(CCCCCCCCCCC(=O)O)C(=O)NCCOCCOCCOCCOCCOCCOCCOCCOCCOCCOCCOCCOCCOCCOCCOCCOCCOCCOCCOCCOCCOCCOCCOCCOCCC(=O)ON1C(=O)CCC1=O. The standard InChI is InChI=1S/C80H152N2O32/c1-2-3-4-5-6-8-11-14-17-23-80(74-83,24-18-15-12-9-7-10-13-16-19-77(86)87)79(89)81-25-27-91-29-31-93-33-35-95-37-39-97-41-43-99-45-47-101-49-51-103-53-55-105-57-59-107-61-63-109-65-67-111-69-71-113-73-72-112-70-68-110-66-64-108-62-60-106-58-56-104-54-52-102-50-48-100-46-44-98-42-40-96-38-36-94-34-32-92-30-28-90-26-22-78(88)114-82-75(84)20-21-76(82)85/h83H,2-74H2,1H3,(H,81,89)(H,86,87). The highest BCUT2D eigenvalue weighted by molar-refractivity contribution is 6.01. The van der Waals surface area contributed by atoms with Gasteiger partial charge in [-0.15, -0.1) is 5.06 Å². The number of carboxylic acid groups (broad SMARTS) is 1. The summed E-state index contributed by atoms with van der Waals surface area (Å²) in [6.07, 6.45) is 20.4. The van der Waals surface area contributed by atoms with Crippen molar-refractivity contribution in [1.29, 1.82) is 0 Å². The van der Waals surface area contributed by atoms with Gasteiger partial charge < -0.3 is 134 Å². The Balaban J connectivity index is 1.71. The number of ether oxygens (including phenoxy) is 24. The summed E-state index contributed by atoms with van der Waals surface area (Å²) in [4.78, 5) is 63.7. The zero-order valence-corrected chi connectivity index (χ0v) is 69.7. The van der Waals surface area contributed by atoms with E-state index in [0.29, 0.717) is 328 Å². The first-order valence-corrected chi connectivity index (χ1v) is 42.3. The molecule has 1 atom stereocenters. The number of aliphatic carboxylic acids is 1. The number of nitrogens with one attached hydrogen (secondary N) is 1. The molecule has 1 aliphatic rings. The number of hydrogen-bond donors (Lipinski definition) is 3. The van der Waals surface area contributed by atoms with Gasteiger partial charge in [0.05, 0.1) is 336 Å². The fourth-order valence-corrected chi connectivity index (χ4v) is 10.7. The van der Waals surface area contributed by atoms with E-state index in [-0.39, 0.29) is 51.4 Å². The van der Waals surface area contributed by atoms with Crippen LogP contribution < -0.4 is 5.32 Å². The van der Waals surface area contributed by atoms with Gasteiger partial charge in [0.25, 0.3) is 11.8 Å². The van der Waals surface area contributed by atoms with E-state index in [1.807, 2.05) is 0 Å². The molecule has 3 amide bonds. The van der Waals surface area contributed by atoms with Gasteiger partial charge in [-0.3, -0.25) is 19.2 Å². The molecule has 0 radical (unpaired) electrons. The van der Waals surface area contributed by atoms with Crippen molar-refractivity contribution in [3.63, 3.8) is 0 Å². The van der Waals surface area contributed by atoms with Crippen molar-refractivity contribution in [3.8, 4) is 0 Å². The van der Waals surface area contributed by atoms with Gasteiger partial charge in [-0.1, -0.05) is 110 Å². The summed E-state index contributed by atoms with van der Waals surface area (Å²) < 4.78 is 133. The zero-order valence-electron chi connectivity index (χ0n) is 69.7. The highest BCUT2D eigenvalue weighted by Gasteiger charge is 2.37. The molecule has 0 saturated carbocycles. The molecular weight excluding hydrogens is 1500 g/mol. The summed E-state index contributed by atoms with van der Waals surface area (Å²) >= 11 is 0. The van der Waals surface area contributed by atoms with Crippen LogP contribution in [0.5, 0.6) is 0 Å². The summed E-state index contributed by atoms with van der Waals surface area (Å²) in [5, 5.41) is 23.0. The number of amides is 3. The molecule has 1 unspecified atom stereocenters. The molecule has 1 saturated heterocycles. The number of hydrogen-bond acceptors (Lipinski definition) is 31. The smallest absolute Gasteiger partial charge is 0.335 e. The molecule has 0 aromatic rings. The molecular formula is C80H152N2O32. The Morgan fingerprint density at radius 2 is 0.491 bits per heavy atom. The topological polar surface area (TPSA) is 372 Å². The molecule has 0 aromatic heterocycles. The largest absolute Gasteiger partial charge is 0.481 e. The van der Waals surface area contributed by atoms with Gasteiger partial charge >= 0.3 is 11.9 Å². The number of nitrogens with zero attached hydrogens (tertiary/aromatic N) is 1. The summed E-state index contributed by atoms with van der Waals surface area (Å²) in [5.74, 6) is -2.55. The number of carbonyl (C=O) groups is 5. The Morgan fingerprint density at radius 3 is 0.711 bits per heavy atom. The Bertz CT molecular complexity index is 2040. The average Bonchev–Trinajstić information content (AvgIpc) is 1.73. The fraction of sp³-hybridized carbons (Fsp3) is 0.938. The predicted molar refractivity (Wildman–Crippen MR) is 420 cm³/mol. The van der Waals surface area contributed by atoms with Gasteiger partial charge in [0.15, 0.2) is 0 Å². The van der Waals surface area contributed by atoms with Crippen LogP contribution in [0, 0.1) is 5.41 Å². The number of unbranched alkanes of at least 4 members (excludes halogenated alkanes) is 15. The fourth-order valence-electron chi connectivity index (χ4n) is 10.7. The second-order valence-electron chi connectivity index (χ2n) is 26.5. The van der Waals surface area contributed by atoms with Crippen LogP contribution in [0.25, 0.3) is 0 Å². The predicted octanol–water partition coefficient (Wildman–Crippen LogP) is 6.38. The van der Waals surface area contributed by atoms with E-state index in [0.717, 1.165) is 64.2 Å². The van der Waals surface area contributed by atoms with Crippen LogP contribution >= 0.6 is 0 Å². The highest BCUT2D eigenvalue weighted by Crippen LogP contribution is 2.32. The lowest BCUT2D eigenvalue weighted by Gasteiger charge is -2.31. The van der Waals surface area contributed by atoms with E-state index in [2.05, 4.69) is 12.2 Å². The summed E-state index contributed by atoms with van der Waals surface area (Å²) in [7, 11) is 0. The van der Waals surface area contributed by atoms with Crippen LogP contribution in [-0.2, 0) is 142 Å². The summed E-state index contributed by atoms with van der Waals surface area (Å²) in [6.45, 7) is 23.5. The van der Waals surface area contributed by atoms with Gasteiger partial charge in [-0.2, -0.15) is 0 Å². The Morgan fingerprint density at radius 1 is 0.289 bits per heavy atom. The third-order valence-electron chi connectivity index (χ3n) is 17.1. The first-order valence-electron chi connectivity index (χ1n) is 42.3. The zero-order chi connectivity index (χ0) is 82.0. The maximum absolute atomic E-state index is 13.6. The number of imide groups is 1. The van der Waals surface area contributed by atoms with E-state index in [1.54, 1.807) is 0 Å². The maximum atomic E-state index is 13.6. The van der Waals surface area contributed by atoms with Gasteiger partial charge in [-0.25, -0.2) is 4.79 Å². The second kappa shape index (κ2) is 90.3. The first-order chi connectivity index (χ1) is 56.3. The molecule has 0 aliphatic carbocycles. The molecule has 1 rings (SSSR count). The van der Waals surface area contributed by atoms with Crippen LogP contribution in [-0.4, -0.2) is 375 Å². The minimum atomic E-state index is -0.777. The Hall–Kier alpha value is -3.45. The highest BCUT2D eigenvalue weighted by atomic mass is 16.7. The normalized spacial score (nSPS) is 13.0. The monoisotopic (exact) mass is 1650 g/mol. The van der Waals surface area contributed by atoms with Crippen molar-refractivity contribution in [3.05, 3.63) is 0 Å². The first kappa shape index (κ1) is 109. The van der Waals surface area contributed by atoms with Crippen molar-refractivity contribution in [2.45, 2.75) is 155 Å². The van der Waals surface area contributed by atoms with Crippen LogP contribution in [0.3, 0.4) is 0 Å². The lowest BCUT2D eigenvalue weighted by molar-refractivity contribution is -0.198. The number of hydroxylamine groups is 2. The summed E-state index contributed by atoms with van der Waals surface area (Å²) in [6, 6.07) is 0. The van der Waals surface area contributed by atoms with Crippen molar-refractivity contribution >= 4 is 29.7 Å². The van der Waals surface area contributed by atoms with Crippen LogP contribution in [0.2, 0.25) is 0 Å². The van der Waals surface area contributed by atoms with E-state index in [4.69, 9.17) is 124 Å². The summed E-state index contributed by atoms with van der Waals surface area (Å²) in [5.41, 5.74) is -0.777. The number of carbonyl (C=O) groups excluding carboxylic acids is 4. The molecule has 114 heavy (non-hydrogen) atoms. The number of rotatable bonds is 99. The lowest BCUT2D eigenvalue weighted by atomic mass is 9.77. The molecule has 34 heteroatoms. The van der Waals surface area contributed by atoms with E-state index in [1.165, 1.54) is 44.9 Å². The van der Waals surface area contributed by atoms with Crippen molar-refractivity contribution in [2.75, 3.05) is 330 Å². The van der Waals surface area contributed by atoms with E-state index >= 15 is 0 Å². The molecule has 674 valence electrons. The minimum absolute atomic E-state index is 0.0498. The maximum Gasteiger partial charge on any atom is 0.335 e. The van der Waals surface area contributed by atoms with Crippen molar-refractivity contribution in [2.24, 2.45) is 5.41 Å². The third kappa shape index (κ3) is 78.4. The average molecular weight is 1650 g/mol. The molecule has 1 aliphatic heterocycles.